The largest absolute Gasteiger partial charge is 0.379 e. The molecule has 2 heteroatoms. The van der Waals surface area contributed by atoms with Crippen LogP contribution in [0.15, 0.2) is 0 Å². The van der Waals surface area contributed by atoms with E-state index in [1.165, 1.54) is 32.1 Å². The summed E-state index contributed by atoms with van der Waals surface area (Å²) in [6.45, 7) is 11.2. The van der Waals surface area contributed by atoms with Crippen molar-refractivity contribution >= 4 is 0 Å². The molecule has 0 aromatic heterocycles. The molecule has 1 saturated carbocycles. The monoisotopic (exact) mass is 255 g/mol. The first-order chi connectivity index (χ1) is 8.63. The molecule has 108 valence electrons. The van der Waals surface area contributed by atoms with E-state index in [4.69, 9.17) is 4.74 Å². The maximum Gasteiger partial charge on any atom is 0.0594 e. The molecule has 3 atom stereocenters. The molecule has 2 nitrogen and oxygen atoms in total. The van der Waals surface area contributed by atoms with E-state index < -0.39 is 0 Å². The molecule has 2 rings (SSSR count). The second kappa shape index (κ2) is 8.92. The summed E-state index contributed by atoms with van der Waals surface area (Å²) < 4.78 is 5.10. The zero-order chi connectivity index (χ0) is 13.4. The number of unbranched alkanes of at least 4 members (excludes halogenated alkanes) is 1. The third kappa shape index (κ3) is 6.19. The average molecular weight is 255 g/mol. The third-order valence-electron chi connectivity index (χ3n) is 4.45. The van der Waals surface area contributed by atoms with Gasteiger partial charge in [-0.15, -0.1) is 0 Å². The molecule has 2 aliphatic rings. The minimum absolute atomic E-state index is 0.913. The Labute approximate surface area is 114 Å². The average Bonchev–Trinajstić information content (AvgIpc) is 2.67. The summed E-state index contributed by atoms with van der Waals surface area (Å²) in [6, 6.07) is 0. The lowest BCUT2D eigenvalue weighted by Gasteiger charge is -2.21. The van der Waals surface area contributed by atoms with Crippen molar-refractivity contribution in [3.05, 3.63) is 0 Å². The van der Waals surface area contributed by atoms with Crippen molar-refractivity contribution < 1.29 is 4.74 Å². The zero-order valence-electron chi connectivity index (χ0n) is 13.0. The maximum absolute atomic E-state index is 5.10. The second-order valence-electron chi connectivity index (χ2n) is 6.37. The predicted molar refractivity (Wildman–Crippen MR) is 78.9 cm³/mol. The molecule has 1 aliphatic heterocycles. The van der Waals surface area contributed by atoms with Crippen molar-refractivity contribution in [2.75, 3.05) is 33.4 Å². The lowest BCUT2D eigenvalue weighted by Crippen LogP contribution is -2.32. The number of rotatable bonds is 3. The van der Waals surface area contributed by atoms with Crippen molar-refractivity contribution in [1.29, 1.82) is 0 Å². The van der Waals surface area contributed by atoms with Crippen LogP contribution in [-0.4, -0.2) is 38.3 Å². The van der Waals surface area contributed by atoms with E-state index in [0.717, 1.165) is 44.1 Å². The standard InChI is InChI=1S/C11H22.C5H11NO/c1-4-5-6-11-8-9(2)7-10(11)3;1-6-2-4-7-5-3-6/h9-11H,4-8H2,1-3H3;2-5H2,1H3/t9-,10+,11?;/m1./s1. The van der Waals surface area contributed by atoms with Gasteiger partial charge in [0.2, 0.25) is 0 Å². The SMILES string of the molecule is CCCCC1C[C@H](C)C[C@@H]1C.CN1CCOCC1. The minimum atomic E-state index is 0.913. The van der Waals surface area contributed by atoms with Gasteiger partial charge in [-0.3, -0.25) is 0 Å². The lowest BCUT2D eigenvalue weighted by atomic mass is 9.93. The Morgan fingerprint density at radius 3 is 2.17 bits per heavy atom. The van der Waals surface area contributed by atoms with E-state index in [9.17, 15) is 0 Å². The maximum atomic E-state index is 5.10. The molecule has 0 spiro atoms. The number of likely N-dealkylation sites (N-methyl/N-ethyl adjacent to an activating group) is 1. The smallest absolute Gasteiger partial charge is 0.0594 e. The Hall–Kier alpha value is -0.0800. The van der Waals surface area contributed by atoms with Gasteiger partial charge < -0.3 is 9.64 Å². The summed E-state index contributed by atoms with van der Waals surface area (Å²) in [5.41, 5.74) is 0. The van der Waals surface area contributed by atoms with Crippen molar-refractivity contribution in [3.8, 4) is 0 Å². The predicted octanol–water partition coefficient (Wildman–Crippen LogP) is 3.81. The Bertz CT molecular complexity index is 201. The van der Waals surface area contributed by atoms with Crippen LogP contribution in [-0.2, 0) is 4.74 Å². The van der Waals surface area contributed by atoms with E-state index in [2.05, 4.69) is 32.7 Å². The number of hydrogen-bond donors (Lipinski definition) is 0. The highest BCUT2D eigenvalue weighted by molar-refractivity contribution is 4.78. The van der Waals surface area contributed by atoms with Crippen LogP contribution in [0.5, 0.6) is 0 Å². The van der Waals surface area contributed by atoms with Crippen LogP contribution in [0.1, 0.15) is 52.9 Å². The first kappa shape index (κ1) is 16.0. The van der Waals surface area contributed by atoms with E-state index in [1.54, 1.807) is 0 Å². The third-order valence-corrected chi connectivity index (χ3v) is 4.45. The number of hydrogen-bond acceptors (Lipinski definition) is 2. The first-order valence-corrected chi connectivity index (χ1v) is 7.89. The summed E-state index contributed by atoms with van der Waals surface area (Å²) in [4.78, 5) is 2.27. The second-order valence-corrected chi connectivity index (χ2v) is 6.37. The van der Waals surface area contributed by atoms with Gasteiger partial charge >= 0.3 is 0 Å². The van der Waals surface area contributed by atoms with Crippen molar-refractivity contribution in [2.45, 2.75) is 52.9 Å². The van der Waals surface area contributed by atoms with Gasteiger partial charge in [0.15, 0.2) is 0 Å². The van der Waals surface area contributed by atoms with Gasteiger partial charge in [-0.25, -0.2) is 0 Å². The van der Waals surface area contributed by atoms with Crippen LogP contribution in [0.25, 0.3) is 0 Å². The molecule has 0 aromatic rings. The molecule has 1 heterocycles. The summed E-state index contributed by atoms with van der Waals surface area (Å²) in [5, 5.41) is 0. The lowest BCUT2D eigenvalue weighted by molar-refractivity contribution is 0.0503. The molecule has 2 fully saturated rings. The van der Waals surface area contributed by atoms with Crippen LogP contribution < -0.4 is 0 Å². The highest BCUT2D eigenvalue weighted by Crippen LogP contribution is 2.38. The van der Waals surface area contributed by atoms with E-state index in [0.29, 0.717) is 0 Å². The molecular weight excluding hydrogens is 222 g/mol. The molecular formula is C16H33NO. The zero-order valence-corrected chi connectivity index (χ0v) is 13.0. The van der Waals surface area contributed by atoms with Crippen molar-refractivity contribution in [3.63, 3.8) is 0 Å². The topological polar surface area (TPSA) is 12.5 Å². The minimum Gasteiger partial charge on any atom is -0.379 e. The van der Waals surface area contributed by atoms with Gasteiger partial charge in [0.05, 0.1) is 13.2 Å². The fourth-order valence-electron chi connectivity index (χ4n) is 3.20. The Morgan fingerprint density at radius 2 is 1.78 bits per heavy atom. The Balaban J connectivity index is 0.000000199. The molecule has 1 unspecified atom stereocenters. The van der Waals surface area contributed by atoms with E-state index in [-0.39, 0.29) is 0 Å². The molecule has 18 heavy (non-hydrogen) atoms. The Kier molecular flexibility index (Phi) is 7.92. The van der Waals surface area contributed by atoms with Gasteiger partial charge in [-0.1, -0.05) is 40.0 Å². The van der Waals surface area contributed by atoms with Gasteiger partial charge in [-0.2, -0.15) is 0 Å². The van der Waals surface area contributed by atoms with Gasteiger partial charge in [0, 0.05) is 13.1 Å². The molecule has 1 aliphatic carbocycles. The van der Waals surface area contributed by atoms with E-state index in [1.807, 2.05) is 0 Å². The van der Waals surface area contributed by atoms with Crippen LogP contribution in [0, 0.1) is 17.8 Å². The summed E-state index contributed by atoms with van der Waals surface area (Å²) >= 11 is 0. The van der Waals surface area contributed by atoms with Gasteiger partial charge in [0.25, 0.3) is 0 Å². The van der Waals surface area contributed by atoms with Crippen molar-refractivity contribution in [1.82, 2.24) is 4.90 Å². The fourth-order valence-corrected chi connectivity index (χ4v) is 3.20. The van der Waals surface area contributed by atoms with Crippen molar-refractivity contribution in [2.24, 2.45) is 17.8 Å². The number of ether oxygens (including phenoxy) is 1. The fraction of sp³-hybridized carbons (Fsp3) is 1.00. The molecule has 1 saturated heterocycles. The molecule has 0 N–H and O–H groups in total. The normalized spacial score (nSPS) is 33.0. The van der Waals surface area contributed by atoms with Crippen LogP contribution in [0.3, 0.4) is 0 Å². The number of nitrogens with zero attached hydrogens (tertiary/aromatic N) is 1. The summed E-state index contributed by atoms with van der Waals surface area (Å²) in [6.07, 6.45) is 7.29. The summed E-state index contributed by atoms with van der Waals surface area (Å²) in [5.74, 6) is 3.08. The molecule has 0 bridgehead atoms. The quantitative estimate of drug-likeness (QED) is 0.760. The van der Waals surface area contributed by atoms with Gasteiger partial charge in [-0.05, 0) is 37.6 Å². The van der Waals surface area contributed by atoms with Gasteiger partial charge in [0.1, 0.15) is 0 Å². The first-order valence-electron chi connectivity index (χ1n) is 7.89. The van der Waals surface area contributed by atoms with Crippen LogP contribution in [0.4, 0.5) is 0 Å². The number of morpholine rings is 1. The molecule has 0 radical (unpaired) electrons. The molecule has 0 amide bonds. The Morgan fingerprint density at radius 1 is 1.11 bits per heavy atom. The van der Waals surface area contributed by atoms with Crippen LogP contribution in [0.2, 0.25) is 0 Å². The molecule has 0 aromatic carbocycles. The van der Waals surface area contributed by atoms with Crippen LogP contribution >= 0.6 is 0 Å². The summed E-state index contributed by atoms with van der Waals surface area (Å²) in [7, 11) is 2.11. The highest BCUT2D eigenvalue weighted by Gasteiger charge is 2.27. The highest BCUT2D eigenvalue weighted by atomic mass is 16.5. The van der Waals surface area contributed by atoms with E-state index >= 15 is 0 Å².